The SMILES string of the molecule is O=C(C1CC1c1cccc2ccccc12)N1C[C@H]2CNC[C@H]2C1. The second-order valence-electron chi connectivity index (χ2n) is 7.44. The van der Waals surface area contributed by atoms with E-state index in [1.54, 1.807) is 0 Å². The highest BCUT2D eigenvalue weighted by Gasteiger charge is 2.49. The van der Waals surface area contributed by atoms with Crippen molar-refractivity contribution in [3.8, 4) is 0 Å². The minimum Gasteiger partial charge on any atom is -0.342 e. The number of nitrogens with zero attached hydrogens (tertiary/aromatic N) is 1. The zero-order chi connectivity index (χ0) is 15.4. The number of likely N-dealkylation sites (tertiary alicyclic amines) is 1. The van der Waals surface area contributed by atoms with E-state index in [2.05, 4.69) is 52.7 Å². The minimum atomic E-state index is 0.215. The number of benzene rings is 2. The normalized spacial score (nSPS) is 32.3. The molecule has 2 unspecified atom stereocenters. The van der Waals surface area contributed by atoms with Crippen molar-refractivity contribution in [1.29, 1.82) is 0 Å². The van der Waals surface area contributed by atoms with E-state index in [1.807, 2.05) is 0 Å². The predicted octanol–water partition coefficient (Wildman–Crippen LogP) is 2.62. The van der Waals surface area contributed by atoms with Crippen LogP contribution in [0.2, 0.25) is 0 Å². The standard InChI is InChI=1S/C20H22N2O/c23-20(22-11-14-9-21-10-15(14)12-22)19-8-18(19)17-7-3-5-13-4-1-2-6-16(13)17/h1-7,14-15,18-19,21H,8-12H2/t14-,15+,18?,19?. The van der Waals surface area contributed by atoms with Crippen LogP contribution in [0.1, 0.15) is 17.9 Å². The van der Waals surface area contributed by atoms with Gasteiger partial charge in [-0.2, -0.15) is 0 Å². The summed E-state index contributed by atoms with van der Waals surface area (Å²) >= 11 is 0. The Morgan fingerprint density at radius 2 is 1.74 bits per heavy atom. The van der Waals surface area contributed by atoms with E-state index in [1.165, 1.54) is 16.3 Å². The van der Waals surface area contributed by atoms with Crippen LogP contribution >= 0.6 is 0 Å². The van der Waals surface area contributed by atoms with Gasteiger partial charge in [0.15, 0.2) is 0 Å². The Morgan fingerprint density at radius 3 is 2.57 bits per heavy atom. The molecular formula is C20H22N2O. The summed E-state index contributed by atoms with van der Waals surface area (Å²) in [5, 5.41) is 6.05. The van der Waals surface area contributed by atoms with Crippen LogP contribution in [-0.4, -0.2) is 37.0 Å². The lowest BCUT2D eigenvalue weighted by Crippen LogP contribution is -2.33. The van der Waals surface area contributed by atoms with Crippen molar-refractivity contribution in [2.45, 2.75) is 12.3 Å². The Hall–Kier alpha value is -1.87. The Balaban J connectivity index is 1.36. The average molecular weight is 306 g/mol. The number of rotatable bonds is 2. The Kier molecular flexibility index (Phi) is 2.99. The molecule has 1 amide bonds. The number of carbonyl (C=O) groups excluding carboxylic acids is 1. The molecule has 2 aromatic rings. The van der Waals surface area contributed by atoms with E-state index in [9.17, 15) is 4.79 Å². The van der Waals surface area contributed by atoms with Gasteiger partial charge in [0.05, 0.1) is 0 Å². The summed E-state index contributed by atoms with van der Waals surface area (Å²) in [6, 6.07) is 15.0. The Morgan fingerprint density at radius 1 is 1.00 bits per heavy atom. The molecule has 3 heteroatoms. The molecule has 0 bridgehead atoms. The Bertz CT molecular complexity index is 754. The number of fused-ring (bicyclic) bond motifs is 2. The van der Waals surface area contributed by atoms with E-state index in [0.29, 0.717) is 23.7 Å². The van der Waals surface area contributed by atoms with Gasteiger partial charge in [-0.25, -0.2) is 0 Å². The lowest BCUT2D eigenvalue weighted by Gasteiger charge is -2.17. The molecule has 1 aliphatic carbocycles. The van der Waals surface area contributed by atoms with Gasteiger partial charge in [0, 0.05) is 32.1 Å². The van der Waals surface area contributed by atoms with Gasteiger partial charge in [-0.1, -0.05) is 42.5 Å². The van der Waals surface area contributed by atoms with Crippen molar-refractivity contribution in [3.05, 3.63) is 48.0 Å². The van der Waals surface area contributed by atoms with Crippen LogP contribution in [-0.2, 0) is 4.79 Å². The highest BCUT2D eigenvalue weighted by Crippen LogP contribution is 2.51. The number of amides is 1. The summed E-state index contributed by atoms with van der Waals surface area (Å²) in [5.74, 6) is 2.42. The molecule has 1 saturated carbocycles. The summed E-state index contributed by atoms with van der Waals surface area (Å²) in [4.78, 5) is 15.0. The third kappa shape index (κ3) is 2.18. The lowest BCUT2D eigenvalue weighted by molar-refractivity contribution is -0.131. The Labute approximate surface area is 136 Å². The number of hydrogen-bond acceptors (Lipinski definition) is 2. The molecule has 2 heterocycles. The topological polar surface area (TPSA) is 32.3 Å². The van der Waals surface area contributed by atoms with Crippen LogP contribution < -0.4 is 5.32 Å². The molecule has 118 valence electrons. The summed E-state index contributed by atoms with van der Waals surface area (Å²) in [5.41, 5.74) is 1.36. The molecule has 0 radical (unpaired) electrons. The minimum absolute atomic E-state index is 0.215. The van der Waals surface area contributed by atoms with Gasteiger partial charge in [-0.05, 0) is 40.5 Å². The van der Waals surface area contributed by atoms with Crippen LogP contribution in [0.3, 0.4) is 0 Å². The van der Waals surface area contributed by atoms with Crippen LogP contribution in [0, 0.1) is 17.8 Å². The van der Waals surface area contributed by atoms with Crippen molar-refractivity contribution in [1.82, 2.24) is 10.2 Å². The molecular weight excluding hydrogens is 284 g/mol. The van der Waals surface area contributed by atoms with E-state index >= 15 is 0 Å². The first kappa shape index (κ1) is 13.6. The van der Waals surface area contributed by atoms with Gasteiger partial charge in [0.2, 0.25) is 5.91 Å². The molecule has 2 saturated heterocycles. The average Bonchev–Trinajstić information content (AvgIpc) is 3.07. The van der Waals surface area contributed by atoms with Crippen molar-refractivity contribution in [2.75, 3.05) is 26.2 Å². The van der Waals surface area contributed by atoms with Gasteiger partial charge < -0.3 is 10.2 Å². The second kappa shape index (κ2) is 5.07. The zero-order valence-corrected chi connectivity index (χ0v) is 13.2. The second-order valence-corrected chi connectivity index (χ2v) is 7.44. The van der Waals surface area contributed by atoms with E-state index < -0.39 is 0 Å². The third-order valence-corrected chi connectivity index (χ3v) is 6.03. The maximum atomic E-state index is 12.9. The molecule has 5 rings (SSSR count). The molecule has 0 aromatic heterocycles. The lowest BCUT2D eigenvalue weighted by atomic mass is 10.00. The molecule has 3 fully saturated rings. The first-order valence-electron chi connectivity index (χ1n) is 8.78. The molecule has 3 nitrogen and oxygen atoms in total. The quantitative estimate of drug-likeness (QED) is 0.925. The summed E-state index contributed by atoms with van der Waals surface area (Å²) < 4.78 is 0. The monoisotopic (exact) mass is 306 g/mol. The van der Waals surface area contributed by atoms with E-state index in [4.69, 9.17) is 0 Å². The first-order chi connectivity index (χ1) is 11.3. The number of hydrogen-bond donors (Lipinski definition) is 1. The fraction of sp³-hybridized carbons (Fsp3) is 0.450. The van der Waals surface area contributed by atoms with Crippen molar-refractivity contribution < 1.29 is 4.79 Å². The summed E-state index contributed by atoms with van der Waals surface area (Å²) in [6.45, 7) is 4.11. The van der Waals surface area contributed by atoms with Crippen LogP contribution in [0.5, 0.6) is 0 Å². The smallest absolute Gasteiger partial charge is 0.226 e. The molecule has 3 aliphatic rings. The number of carbonyl (C=O) groups is 1. The van der Waals surface area contributed by atoms with Gasteiger partial charge in [0.25, 0.3) is 0 Å². The van der Waals surface area contributed by atoms with Crippen LogP contribution in [0.4, 0.5) is 0 Å². The predicted molar refractivity (Wildman–Crippen MR) is 91.2 cm³/mol. The fourth-order valence-corrected chi connectivity index (χ4v) is 4.66. The van der Waals surface area contributed by atoms with Crippen molar-refractivity contribution in [2.24, 2.45) is 17.8 Å². The summed E-state index contributed by atoms with van der Waals surface area (Å²) in [6.07, 6.45) is 1.02. The number of nitrogens with one attached hydrogen (secondary N) is 1. The van der Waals surface area contributed by atoms with Crippen LogP contribution in [0.15, 0.2) is 42.5 Å². The zero-order valence-electron chi connectivity index (χ0n) is 13.2. The van der Waals surface area contributed by atoms with Crippen molar-refractivity contribution in [3.63, 3.8) is 0 Å². The largest absolute Gasteiger partial charge is 0.342 e. The van der Waals surface area contributed by atoms with Gasteiger partial charge in [-0.3, -0.25) is 4.79 Å². The molecule has 2 aliphatic heterocycles. The van der Waals surface area contributed by atoms with Gasteiger partial charge in [-0.15, -0.1) is 0 Å². The molecule has 1 N–H and O–H groups in total. The maximum Gasteiger partial charge on any atom is 0.226 e. The van der Waals surface area contributed by atoms with E-state index in [-0.39, 0.29) is 5.92 Å². The summed E-state index contributed by atoms with van der Waals surface area (Å²) in [7, 11) is 0. The van der Waals surface area contributed by atoms with Crippen molar-refractivity contribution >= 4 is 16.7 Å². The van der Waals surface area contributed by atoms with E-state index in [0.717, 1.165) is 32.6 Å². The fourth-order valence-electron chi connectivity index (χ4n) is 4.66. The maximum absolute atomic E-state index is 12.9. The highest BCUT2D eigenvalue weighted by molar-refractivity contribution is 5.89. The molecule has 4 atom stereocenters. The van der Waals surface area contributed by atoms with Gasteiger partial charge >= 0.3 is 0 Å². The third-order valence-electron chi connectivity index (χ3n) is 6.03. The molecule has 23 heavy (non-hydrogen) atoms. The van der Waals surface area contributed by atoms with Gasteiger partial charge in [0.1, 0.15) is 0 Å². The molecule has 0 spiro atoms. The molecule has 2 aromatic carbocycles. The van der Waals surface area contributed by atoms with Crippen LogP contribution in [0.25, 0.3) is 10.8 Å². The first-order valence-corrected chi connectivity index (χ1v) is 8.78. The highest BCUT2D eigenvalue weighted by atomic mass is 16.2.